The zero-order valence-electron chi connectivity index (χ0n) is 5.84. The number of nitriles is 1. The first-order valence-electron chi connectivity index (χ1n) is 3.01. The highest BCUT2D eigenvalue weighted by atomic mass is 35.5. The minimum Gasteiger partial charge on any atom is -0.271 e. The first-order valence-corrected chi connectivity index (χ1v) is 3.39. The Kier molecular flexibility index (Phi) is 2.06. The molecule has 0 spiro atoms. The summed E-state index contributed by atoms with van der Waals surface area (Å²) in [5.41, 5.74) is 0.548. The van der Waals surface area contributed by atoms with Crippen molar-refractivity contribution >= 4 is 23.2 Å². The lowest BCUT2D eigenvalue weighted by molar-refractivity contribution is -0.119. The SMILES string of the molecule is CC1=NC(=O)C(C#N)C(Cl)=C1. The van der Waals surface area contributed by atoms with Crippen molar-refractivity contribution in [2.75, 3.05) is 0 Å². The number of carbonyl (C=O) groups is 1. The number of carbonyl (C=O) groups excluding carboxylic acids is 1. The van der Waals surface area contributed by atoms with Crippen molar-refractivity contribution in [1.82, 2.24) is 0 Å². The molecule has 1 unspecified atom stereocenters. The molecule has 11 heavy (non-hydrogen) atoms. The largest absolute Gasteiger partial charge is 0.271 e. The highest BCUT2D eigenvalue weighted by molar-refractivity contribution is 6.34. The van der Waals surface area contributed by atoms with Crippen LogP contribution in [-0.4, -0.2) is 11.6 Å². The molecule has 0 aromatic carbocycles. The van der Waals surface area contributed by atoms with Gasteiger partial charge >= 0.3 is 0 Å². The van der Waals surface area contributed by atoms with Gasteiger partial charge in [-0.1, -0.05) is 11.6 Å². The number of hydrogen-bond donors (Lipinski definition) is 0. The van der Waals surface area contributed by atoms with Crippen molar-refractivity contribution in [2.24, 2.45) is 10.9 Å². The van der Waals surface area contributed by atoms with Crippen molar-refractivity contribution in [3.05, 3.63) is 11.1 Å². The summed E-state index contributed by atoms with van der Waals surface area (Å²) in [6.07, 6.45) is 1.52. The van der Waals surface area contributed by atoms with Crippen LogP contribution in [0, 0.1) is 17.2 Å². The number of nitrogens with zero attached hydrogens (tertiary/aromatic N) is 2. The van der Waals surface area contributed by atoms with E-state index in [1.807, 2.05) is 0 Å². The van der Waals surface area contributed by atoms with E-state index in [2.05, 4.69) is 4.99 Å². The molecule has 56 valence electrons. The van der Waals surface area contributed by atoms with Gasteiger partial charge in [0.1, 0.15) is 0 Å². The molecule has 1 rings (SSSR count). The van der Waals surface area contributed by atoms with E-state index in [1.54, 1.807) is 13.0 Å². The predicted molar refractivity (Wildman–Crippen MR) is 41.2 cm³/mol. The van der Waals surface area contributed by atoms with Crippen LogP contribution in [0.2, 0.25) is 0 Å². The minimum absolute atomic E-state index is 0.255. The highest BCUT2D eigenvalue weighted by Gasteiger charge is 2.24. The van der Waals surface area contributed by atoms with E-state index in [-0.39, 0.29) is 5.03 Å². The van der Waals surface area contributed by atoms with Crippen LogP contribution in [0.15, 0.2) is 16.1 Å². The van der Waals surface area contributed by atoms with Crippen molar-refractivity contribution in [3.63, 3.8) is 0 Å². The van der Waals surface area contributed by atoms with Gasteiger partial charge in [-0.2, -0.15) is 5.26 Å². The van der Waals surface area contributed by atoms with Gasteiger partial charge in [0.05, 0.1) is 6.07 Å². The van der Waals surface area contributed by atoms with Gasteiger partial charge in [0.2, 0.25) is 0 Å². The molecule has 0 N–H and O–H groups in total. The molecule has 0 radical (unpaired) electrons. The summed E-state index contributed by atoms with van der Waals surface area (Å²) in [4.78, 5) is 14.5. The third-order valence-corrected chi connectivity index (χ3v) is 1.61. The Balaban J connectivity index is 3.03. The van der Waals surface area contributed by atoms with E-state index in [9.17, 15) is 4.79 Å². The van der Waals surface area contributed by atoms with Crippen molar-refractivity contribution < 1.29 is 4.79 Å². The Hall–Kier alpha value is -1.14. The molecular formula is C7H5ClN2O. The maximum atomic E-state index is 10.9. The first kappa shape index (κ1) is 7.96. The topological polar surface area (TPSA) is 53.2 Å². The standard InChI is InChI=1S/C7H5ClN2O/c1-4-2-6(8)5(3-9)7(11)10-4/h2,5H,1H3. The second-order valence-electron chi connectivity index (χ2n) is 2.18. The lowest BCUT2D eigenvalue weighted by Crippen LogP contribution is -2.16. The van der Waals surface area contributed by atoms with Crippen LogP contribution < -0.4 is 0 Å². The van der Waals surface area contributed by atoms with Crippen molar-refractivity contribution in [2.45, 2.75) is 6.92 Å². The number of allylic oxidation sites excluding steroid dienone is 1. The van der Waals surface area contributed by atoms with Crippen LogP contribution in [-0.2, 0) is 4.79 Å². The first-order chi connectivity index (χ1) is 5.15. The summed E-state index contributed by atoms with van der Waals surface area (Å²) in [6, 6.07) is 1.77. The third kappa shape index (κ3) is 1.47. The molecule has 4 heteroatoms. The van der Waals surface area contributed by atoms with Crippen molar-refractivity contribution in [3.8, 4) is 6.07 Å². The number of hydrogen-bond acceptors (Lipinski definition) is 2. The fourth-order valence-corrected chi connectivity index (χ4v) is 1.09. The Bertz CT molecular complexity index is 298. The van der Waals surface area contributed by atoms with E-state index >= 15 is 0 Å². The van der Waals surface area contributed by atoms with Gasteiger partial charge < -0.3 is 0 Å². The summed E-state index contributed by atoms with van der Waals surface area (Å²) in [7, 11) is 0. The van der Waals surface area contributed by atoms with Gasteiger partial charge in [0.25, 0.3) is 5.91 Å². The molecule has 1 aliphatic rings. The number of rotatable bonds is 0. The normalized spacial score (nSPS) is 23.7. The van der Waals surface area contributed by atoms with Gasteiger partial charge in [-0.25, -0.2) is 4.99 Å². The third-order valence-electron chi connectivity index (χ3n) is 1.29. The molecule has 0 saturated heterocycles. The van der Waals surface area contributed by atoms with Crippen LogP contribution in [0.25, 0.3) is 0 Å². The molecule has 0 bridgehead atoms. The van der Waals surface area contributed by atoms with Gasteiger partial charge in [0, 0.05) is 10.7 Å². The van der Waals surface area contributed by atoms with Crippen LogP contribution in [0.5, 0.6) is 0 Å². The molecule has 0 aromatic heterocycles. The fraction of sp³-hybridized carbons (Fsp3) is 0.286. The fourth-order valence-electron chi connectivity index (χ4n) is 0.788. The van der Waals surface area contributed by atoms with Gasteiger partial charge in [0.15, 0.2) is 5.92 Å². The molecular weight excluding hydrogens is 164 g/mol. The lowest BCUT2D eigenvalue weighted by atomic mass is 10.1. The second kappa shape index (κ2) is 2.85. The summed E-state index contributed by atoms with van der Waals surface area (Å²) in [6.45, 7) is 1.66. The zero-order valence-corrected chi connectivity index (χ0v) is 6.59. The highest BCUT2D eigenvalue weighted by Crippen LogP contribution is 2.20. The summed E-state index contributed by atoms with van der Waals surface area (Å²) in [5.74, 6) is -1.36. The van der Waals surface area contributed by atoms with Gasteiger partial charge in [-0.05, 0) is 13.0 Å². The molecule has 0 fully saturated rings. The molecule has 0 saturated carbocycles. The van der Waals surface area contributed by atoms with E-state index in [0.717, 1.165) is 0 Å². The predicted octanol–water partition coefficient (Wildman–Crippen LogP) is 1.25. The Labute approximate surface area is 69.0 Å². The molecule has 1 amide bonds. The van der Waals surface area contributed by atoms with Crippen LogP contribution >= 0.6 is 11.6 Å². The zero-order chi connectivity index (χ0) is 8.43. The quantitative estimate of drug-likeness (QED) is 0.547. The monoisotopic (exact) mass is 168 g/mol. The number of aliphatic imine (C=N–C) groups is 1. The second-order valence-corrected chi connectivity index (χ2v) is 2.62. The average Bonchev–Trinajstić information content (AvgIpc) is 1.85. The minimum atomic E-state index is -0.889. The number of dihydropyridines is 1. The Morgan fingerprint density at radius 1 is 1.82 bits per heavy atom. The van der Waals surface area contributed by atoms with E-state index < -0.39 is 11.8 Å². The lowest BCUT2D eigenvalue weighted by Gasteiger charge is -2.08. The Morgan fingerprint density at radius 2 is 2.45 bits per heavy atom. The van der Waals surface area contributed by atoms with Crippen LogP contribution in [0.1, 0.15) is 6.92 Å². The van der Waals surface area contributed by atoms with Gasteiger partial charge in [-0.3, -0.25) is 4.79 Å². The molecule has 1 heterocycles. The van der Waals surface area contributed by atoms with Gasteiger partial charge in [-0.15, -0.1) is 0 Å². The number of amides is 1. The van der Waals surface area contributed by atoms with E-state index in [1.165, 1.54) is 6.08 Å². The summed E-state index contributed by atoms with van der Waals surface area (Å²) in [5, 5.41) is 8.71. The van der Waals surface area contributed by atoms with E-state index in [4.69, 9.17) is 16.9 Å². The molecule has 0 aromatic rings. The van der Waals surface area contributed by atoms with Crippen LogP contribution in [0.3, 0.4) is 0 Å². The maximum absolute atomic E-state index is 10.9. The van der Waals surface area contributed by atoms with Crippen molar-refractivity contribution in [1.29, 1.82) is 5.26 Å². The average molecular weight is 169 g/mol. The molecule has 3 nitrogen and oxygen atoms in total. The summed E-state index contributed by atoms with van der Waals surface area (Å²) < 4.78 is 0. The molecule has 1 aliphatic heterocycles. The smallest absolute Gasteiger partial charge is 0.268 e. The maximum Gasteiger partial charge on any atom is 0.268 e. The van der Waals surface area contributed by atoms with Crippen LogP contribution in [0.4, 0.5) is 0 Å². The van der Waals surface area contributed by atoms with E-state index in [0.29, 0.717) is 5.71 Å². The summed E-state index contributed by atoms with van der Waals surface area (Å²) >= 11 is 5.61. The number of halogens is 1. The molecule has 0 aliphatic carbocycles. The Morgan fingerprint density at radius 3 is 2.91 bits per heavy atom. The molecule has 1 atom stereocenters.